The van der Waals surface area contributed by atoms with Crippen molar-refractivity contribution < 1.29 is 4.79 Å². The maximum absolute atomic E-state index is 11.6. The summed E-state index contributed by atoms with van der Waals surface area (Å²) in [7, 11) is 0. The van der Waals surface area contributed by atoms with E-state index in [2.05, 4.69) is 39.6 Å². The van der Waals surface area contributed by atoms with Gasteiger partial charge in [-0.1, -0.05) is 51.7 Å². The summed E-state index contributed by atoms with van der Waals surface area (Å²) >= 11 is 0. The summed E-state index contributed by atoms with van der Waals surface area (Å²) in [5.74, 6) is 1.40. The second-order valence-electron chi connectivity index (χ2n) is 10.4. The van der Waals surface area contributed by atoms with Gasteiger partial charge < -0.3 is 5.32 Å². The largest absolute Gasteiger partial charge is 0.307 e. The number of carbonyl (C=O) groups excluding carboxylic acids is 1. The fourth-order valence-corrected chi connectivity index (χ4v) is 4.86. The Hall–Kier alpha value is -0.630. The summed E-state index contributed by atoms with van der Waals surface area (Å²) in [6.07, 6.45) is 13.1. The Kier molecular flexibility index (Phi) is 9.58. The van der Waals surface area contributed by atoms with Crippen LogP contribution in [0.1, 0.15) is 112 Å². The van der Waals surface area contributed by atoms with Gasteiger partial charge in [0.2, 0.25) is 0 Å². The van der Waals surface area contributed by atoms with E-state index >= 15 is 0 Å². The first kappa shape index (κ1) is 23.4. The molecule has 0 aromatic carbocycles. The van der Waals surface area contributed by atoms with Gasteiger partial charge in [-0.05, 0) is 72.1 Å². The summed E-state index contributed by atoms with van der Waals surface area (Å²) in [5.41, 5.74) is 1.93. The van der Waals surface area contributed by atoms with Crippen molar-refractivity contribution >= 4 is 5.78 Å². The number of Topliss-reactive ketones (excluding diaryl/α,β-unsaturated/α-hetero) is 1. The van der Waals surface area contributed by atoms with E-state index < -0.39 is 0 Å². The molecule has 1 saturated heterocycles. The number of ketones is 1. The maximum Gasteiger partial charge on any atom is 0.135 e. The Morgan fingerprint density at radius 2 is 1.38 bits per heavy atom. The summed E-state index contributed by atoms with van der Waals surface area (Å²) in [6, 6.07) is 0. The highest BCUT2D eigenvalue weighted by Gasteiger charge is 2.37. The Balaban J connectivity index is 2.09. The lowest BCUT2D eigenvalue weighted by molar-refractivity contribution is -0.122. The standard InChI is InChI=1S/C24H45NO/c1-19(2)22(26)15-13-11-9-8-10-12-14-20(3)16-21-17-23(4,5)25-24(6,7)18-21/h19,21,25H,3,8-18H2,1-2,4-7H3. The van der Waals surface area contributed by atoms with Gasteiger partial charge in [0, 0.05) is 23.4 Å². The van der Waals surface area contributed by atoms with Crippen LogP contribution in [-0.2, 0) is 4.79 Å². The SMILES string of the molecule is C=C(CCCCCCCCC(=O)C(C)C)CC1CC(C)(C)NC(C)(C)C1. The fourth-order valence-electron chi connectivity index (χ4n) is 4.86. The summed E-state index contributed by atoms with van der Waals surface area (Å²) in [4.78, 5) is 11.6. The summed E-state index contributed by atoms with van der Waals surface area (Å²) in [5, 5.41) is 3.77. The topological polar surface area (TPSA) is 29.1 Å². The number of nitrogens with one attached hydrogen (secondary N) is 1. The first-order valence-corrected chi connectivity index (χ1v) is 11.0. The minimum absolute atomic E-state index is 0.206. The molecule has 0 radical (unpaired) electrons. The predicted molar refractivity (Wildman–Crippen MR) is 115 cm³/mol. The van der Waals surface area contributed by atoms with Crippen molar-refractivity contribution in [3.8, 4) is 0 Å². The smallest absolute Gasteiger partial charge is 0.135 e. The van der Waals surface area contributed by atoms with E-state index in [1.165, 1.54) is 63.4 Å². The quantitative estimate of drug-likeness (QED) is 0.304. The monoisotopic (exact) mass is 363 g/mol. The first-order valence-electron chi connectivity index (χ1n) is 11.0. The van der Waals surface area contributed by atoms with Crippen LogP contribution in [0.2, 0.25) is 0 Å². The summed E-state index contributed by atoms with van der Waals surface area (Å²) in [6.45, 7) is 17.7. The van der Waals surface area contributed by atoms with Crippen LogP contribution in [0.5, 0.6) is 0 Å². The van der Waals surface area contributed by atoms with Crippen LogP contribution < -0.4 is 5.32 Å². The van der Waals surface area contributed by atoms with Gasteiger partial charge in [-0.15, -0.1) is 0 Å². The maximum atomic E-state index is 11.6. The molecule has 0 spiro atoms. The number of hydrogen-bond acceptors (Lipinski definition) is 2. The number of carbonyl (C=O) groups is 1. The van der Waals surface area contributed by atoms with Crippen molar-refractivity contribution in [2.24, 2.45) is 11.8 Å². The molecule has 0 aromatic heterocycles. The van der Waals surface area contributed by atoms with Crippen molar-refractivity contribution in [1.82, 2.24) is 5.32 Å². The van der Waals surface area contributed by atoms with Crippen molar-refractivity contribution in [3.63, 3.8) is 0 Å². The lowest BCUT2D eigenvalue weighted by Crippen LogP contribution is -2.57. The first-order chi connectivity index (χ1) is 12.0. The molecule has 1 rings (SSSR count). The van der Waals surface area contributed by atoms with E-state index in [0.29, 0.717) is 5.78 Å². The zero-order valence-corrected chi connectivity index (χ0v) is 18.5. The van der Waals surface area contributed by atoms with E-state index in [9.17, 15) is 4.79 Å². The van der Waals surface area contributed by atoms with Crippen LogP contribution >= 0.6 is 0 Å². The summed E-state index contributed by atoms with van der Waals surface area (Å²) < 4.78 is 0. The van der Waals surface area contributed by atoms with Gasteiger partial charge in [-0.2, -0.15) is 0 Å². The number of unbranched alkanes of at least 4 members (excludes halogenated alkanes) is 5. The molecule has 0 amide bonds. The fraction of sp³-hybridized carbons (Fsp3) is 0.875. The van der Waals surface area contributed by atoms with Gasteiger partial charge in [0.1, 0.15) is 5.78 Å². The molecular formula is C24H45NO. The molecule has 1 fully saturated rings. The number of hydrogen-bond donors (Lipinski definition) is 1. The number of piperidine rings is 1. The molecule has 2 nitrogen and oxygen atoms in total. The van der Waals surface area contributed by atoms with Crippen molar-refractivity contribution in [2.75, 3.05) is 0 Å². The van der Waals surface area contributed by atoms with E-state index in [-0.39, 0.29) is 17.0 Å². The van der Waals surface area contributed by atoms with Crippen LogP contribution in [-0.4, -0.2) is 16.9 Å². The molecule has 1 aliphatic rings. The Morgan fingerprint density at radius 1 is 0.923 bits per heavy atom. The molecule has 152 valence electrons. The van der Waals surface area contributed by atoms with Gasteiger partial charge in [-0.25, -0.2) is 0 Å². The molecule has 1 N–H and O–H groups in total. The van der Waals surface area contributed by atoms with Gasteiger partial charge >= 0.3 is 0 Å². The third kappa shape index (κ3) is 9.90. The second kappa shape index (κ2) is 10.6. The molecule has 0 atom stereocenters. The lowest BCUT2D eigenvalue weighted by Gasteiger charge is -2.46. The molecule has 0 aromatic rings. The molecule has 1 heterocycles. The second-order valence-corrected chi connectivity index (χ2v) is 10.4. The van der Waals surface area contributed by atoms with Crippen LogP contribution in [0, 0.1) is 11.8 Å². The average Bonchev–Trinajstić information content (AvgIpc) is 2.46. The zero-order valence-electron chi connectivity index (χ0n) is 18.5. The van der Waals surface area contributed by atoms with E-state index in [1.54, 1.807) is 0 Å². The molecule has 0 unspecified atom stereocenters. The minimum Gasteiger partial charge on any atom is -0.307 e. The molecular weight excluding hydrogens is 318 g/mol. The normalized spacial score (nSPS) is 19.7. The zero-order chi connectivity index (χ0) is 19.8. The van der Waals surface area contributed by atoms with Crippen LogP contribution in [0.25, 0.3) is 0 Å². The van der Waals surface area contributed by atoms with Crippen LogP contribution in [0.15, 0.2) is 12.2 Å². The third-order valence-electron chi connectivity index (χ3n) is 5.70. The lowest BCUT2D eigenvalue weighted by atomic mass is 9.73. The van der Waals surface area contributed by atoms with Gasteiger partial charge in [0.25, 0.3) is 0 Å². The van der Waals surface area contributed by atoms with Gasteiger partial charge in [0.15, 0.2) is 0 Å². The highest BCUT2D eigenvalue weighted by Crippen LogP contribution is 2.36. The predicted octanol–water partition coefficient (Wildman–Crippen LogP) is 6.84. The Labute approximate surface area is 163 Å². The Bertz CT molecular complexity index is 431. The average molecular weight is 364 g/mol. The van der Waals surface area contributed by atoms with E-state index in [1.807, 2.05) is 13.8 Å². The Morgan fingerprint density at radius 3 is 1.88 bits per heavy atom. The van der Waals surface area contributed by atoms with Crippen LogP contribution in [0.3, 0.4) is 0 Å². The van der Waals surface area contributed by atoms with Crippen molar-refractivity contribution in [1.29, 1.82) is 0 Å². The number of rotatable bonds is 12. The molecule has 2 heteroatoms. The van der Waals surface area contributed by atoms with E-state index in [4.69, 9.17) is 0 Å². The van der Waals surface area contributed by atoms with Gasteiger partial charge in [0.05, 0.1) is 0 Å². The third-order valence-corrected chi connectivity index (χ3v) is 5.70. The minimum atomic E-state index is 0.206. The highest BCUT2D eigenvalue weighted by atomic mass is 16.1. The van der Waals surface area contributed by atoms with Gasteiger partial charge in [-0.3, -0.25) is 4.79 Å². The molecule has 0 aliphatic carbocycles. The van der Waals surface area contributed by atoms with E-state index in [0.717, 1.165) is 18.8 Å². The van der Waals surface area contributed by atoms with Crippen molar-refractivity contribution in [3.05, 3.63) is 12.2 Å². The number of allylic oxidation sites excluding steroid dienone is 1. The molecule has 0 bridgehead atoms. The van der Waals surface area contributed by atoms with Crippen molar-refractivity contribution in [2.45, 2.75) is 123 Å². The van der Waals surface area contributed by atoms with Crippen LogP contribution in [0.4, 0.5) is 0 Å². The highest BCUT2D eigenvalue weighted by molar-refractivity contribution is 5.80. The molecule has 0 saturated carbocycles. The molecule has 26 heavy (non-hydrogen) atoms. The molecule has 1 aliphatic heterocycles.